The highest BCUT2D eigenvalue weighted by Gasteiger charge is 2.27. The molecule has 1 fully saturated rings. The van der Waals surface area contributed by atoms with Gasteiger partial charge in [0.2, 0.25) is 5.91 Å². The van der Waals surface area contributed by atoms with E-state index >= 15 is 0 Å². The van der Waals surface area contributed by atoms with Crippen LogP contribution in [0.4, 0.5) is 0 Å². The van der Waals surface area contributed by atoms with Crippen molar-refractivity contribution in [2.75, 3.05) is 27.2 Å². The molecule has 1 aromatic carbocycles. The molecular weight excluding hydrogens is 276 g/mol. The average Bonchev–Trinajstić information content (AvgIpc) is 2.55. The first-order valence-corrected chi connectivity index (χ1v) is 8.33. The summed E-state index contributed by atoms with van der Waals surface area (Å²) in [5.41, 5.74) is 2.59. The third-order valence-corrected chi connectivity index (χ3v) is 5.07. The van der Waals surface area contributed by atoms with Gasteiger partial charge in [-0.2, -0.15) is 0 Å². The SMILES string of the molecule is COc1ccc2c(c1)CCCC2NC(=O)C1CCN(C)CC1. The molecule has 22 heavy (non-hydrogen) atoms. The second-order valence-electron chi connectivity index (χ2n) is 6.60. The van der Waals surface area contributed by atoms with E-state index in [1.54, 1.807) is 7.11 Å². The standard InChI is InChI=1S/C18H26N2O2/c1-20-10-8-13(9-11-20)18(21)19-17-5-3-4-14-12-15(22-2)6-7-16(14)17/h6-7,12-13,17H,3-5,8-11H2,1-2H3,(H,19,21). The fourth-order valence-corrected chi connectivity index (χ4v) is 3.63. The molecule has 0 bridgehead atoms. The number of piperidine rings is 1. The number of fused-ring (bicyclic) bond motifs is 1. The Bertz CT molecular complexity index is 536. The average molecular weight is 302 g/mol. The normalized spacial score (nSPS) is 22.9. The van der Waals surface area contributed by atoms with E-state index in [1.165, 1.54) is 11.1 Å². The lowest BCUT2D eigenvalue weighted by molar-refractivity contribution is -0.127. The maximum absolute atomic E-state index is 12.6. The van der Waals surface area contributed by atoms with Gasteiger partial charge in [0.1, 0.15) is 5.75 Å². The summed E-state index contributed by atoms with van der Waals surface area (Å²) in [6.07, 6.45) is 5.19. The molecule has 1 aromatic rings. The van der Waals surface area contributed by atoms with Gasteiger partial charge in [-0.05, 0) is 75.5 Å². The zero-order valence-electron chi connectivity index (χ0n) is 13.6. The van der Waals surface area contributed by atoms with Crippen LogP contribution in [0.2, 0.25) is 0 Å². The van der Waals surface area contributed by atoms with Crippen molar-refractivity contribution in [1.82, 2.24) is 10.2 Å². The molecule has 2 aliphatic rings. The summed E-state index contributed by atoms with van der Waals surface area (Å²) >= 11 is 0. The summed E-state index contributed by atoms with van der Waals surface area (Å²) < 4.78 is 5.31. The van der Waals surface area contributed by atoms with Crippen LogP contribution in [-0.2, 0) is 11.2 Å². The molecule has 0 radical (unpaired) electrons. The van der Waals surface area contributed by atoms with E-state index in [0.717, 1.165) is 50.9 Å². The van der Waals surface area contributed by atoms with E-state index in [9.17, 15) is 4.79 Å². The molecule has 1 N–H and O–H groups in total. The Morgan fingerprint density at radius 1 is 1.27 bits per heavy atom. The Labute approximate surface area is 132 Å². The van der Waals surface area contributed by atoms with Crippen molar-refractivity contribution in [3.8, 4) is 5.75 Å². The molecule has 1 heterocycles. The van der Waals surface area contributed by atoms with Gasteiger partial charge in [0.05, 0.1) is 13.2 Å². The zero-order valence-corrected chi connectivity index (χ0v) is 13.6. The highest BCUT2D eigenvalue weighted by molar-refractivity contribution is 5.79. The van der Waals surface area contributed by atoms with Crippen molar-refractivity contribution in [1.29, 1.82) is 0 Å². The van der Waals surface area contributed by atoms with Gasteiger partial charge in [0, 0.05) is 5.92 Å². The Morgan fingerprint density at radius 3 is 2.77 bits per heavy atom. The lowest BCUT2D eigenvalue weighted by atomic mass is 9.86. The van der Waals surface area contributed by atoms with Gasteiger partial charge >= 0.3 is 0 Å². The number of aryl methyl sites for hydroxylation is 1. The van der Waals surface area contributed by atoms with Gasteiger partial charge < -0.3 is 15.0 Å². The van der Waals surface area contributed by atoms with E-state index < -0.39 is 0 Å². The minimum Gasteiger partial charge on any atom is -0.497 e. The summed E-state index contributed by atoms with van der Waals surface area (Å²) in [6.45, 7) is 2.05. The monoisotopic (exact) mass is 302 g/mol. The molecule has 120 valence electrons. The van der Waals surface area contributed by atoms with Crippen LogP contribution in [0.5, 0.6) is 5.75 Å². The second-order valence-corrected chi connectivity index (χ2v) is 6.60. The van der Waals surface area contributed by atoms with E-state index in [-0.39, 0.29) is 17.9 Å². The summed E-state index contributed by atoms with van der Waals surface area (Å²) in [5, 5.41) is 3.30. The molecule has 0 saturated carbocycles. The lowest BCUT2D eigenvalue weighted by Gasteiger charge is -2.31. The van der Waals surface area contributed by atoms with Crippen LogP contribution in [0.15, 0.2) is 18.2 Å². The summed E-state index contributed by atoms with van der Waals surface area (Å²) in [5.74, 6) is 1.32. The van der Waals surface area contributed by atoms with Crippen LogP contribution < -0.4 is 10.1 Å². The number of hydrogen-bond donors (Lipinski definition) is 1. The Kier molecular flexibility index (Phi) is 4.67. The van der Waals surface area contributed by atoms with Gasteiger partial charge in [-0.15, -0.1) is 0 Å². The summed E-state index contributed by atoms with van der Waals surface area (Å²) in [4.78, 5) is 14.8. The van der Waals surface area contributed by atoms with Crippen LogP contribution in [0, 0.1) is 5.92 Å². The zero-order chi connectivity index (χ0) is 15.5. The van der Waals surface area contributed by atoms with Gasteiger partial charge in [0.15, 0.2) is 0 Å². The third kappa shape index (κ3) is 3.27. The quantitative estimate of drug-likeness (QED) is 0.933. The fourth-order valence-electron chi connectivity index (χ4n) is 3.63. The first-order chi connectivity index (χ1) is 10.7. The maximum atomic E-state index is 12.6. The van der Waals surface area contributed by atoms with Crippen LogP contribution in [0.1, 0.15) is 42.9 Å². The first-order valence-electron chi connectivity index (χ1n) is 8.33. The molecule has 1 atom stereocenters. The number of nitrogens with zero attached hydrogens (tertiary/aromatic N) is 1. The van der Waals surface area contributed by atoms with Crippen LogP contribution >= 0.6 is 0 Å². The second kappa shape index (κ2) is 6.69. The number of likely N-dealkylation sites (tertiary alicyclic amines) is 1. The number of methoxy groups -OCH3 is 1. The smallest absolute Gasteiger partial charge is 0.223 e. The van der Waals surface area contributed by atoms with E-state index in [0.29, 0.717) is 0 Å². The number of amides is 1. The first kappa shape index (κ1) is 15.3. The molecule has 4 heteroatoms. The number of ether oxygens (including phenoxy) is 1. The number of hydrogen-bond acceptors (Lipinski definition) is 3. The molecule has 1 saturated heterocycles. The highest BCUT2D eigenvalue weighted by atomic mass is 16.5. The number of carbonyl (C=O) groups excluding carboxylic acids is 1. The number of nitrogens with one attached hydrogen (secondary N) is 1. The van der Waals surface area contributed by atoms with Crippen LogP contribution in [0.3, 0.4) is 0 Å². The largest absolute Gasteiger partial charge is 0.497 e. The molecule has 0 spiro atoms. The molecule has 4 nitrogen and oxygen atoms in total. The molecule has 1 aliphatic heterocycles. The van der Waals surface area contributed by atoms with Crippen molar-refractivity contribution in [2.24, 2.45) is 5.92 Å². The fraction of sp³-hybridized carbons (Fsp3) is 0.611. The Morgan fingerprint density at radius 2 is 2.05 bits per heavy atom. The van der Waals surface area contributed by atoms with Crippen LogP contribution in [-0.4, -0.2) is 38.1 Å². The van der Waals surface area contributed by atoms with E-state index in [1.807, 2.05) is 6.07 Å². The van der Waals surface area contributed by atoms with Crippen molar-refractivity contribution in [2.45, 2.75) is 38.1 Å². The number of carbonyl (C=O) groups is 1. The van der Waals surface area contributed by atoms with Crippen molar-refractivity contribution < 1.29 is 9.53 Å². The predicted molar refractivity (Wildman–Crippen MR) is 87.0 cm³/mol. The van der Waals surface area contributed by atoms with Crippen molar-refractivity contribution in [3.05, 3.63) is 29.3 Å². The Balaban J connectivity index is 1.68. The highest BCUT2D eigenvalue weighted by Crippen LogP contribution is 2.32. The van der Waals surface area contributed by atoms with E-state index in [4.69, 9.17) is 4.74 Å². The molecule has 3 rings (SSSR count). The topological polar surface area (TPSA) is 41.6 Å². The molecule has 0 aromatic heterocycles. The summed E-state index contributed by atoms with van der Waals surface area (Å²) in [7, 11) is 3.82. The number of rotatable bonds is 3. The molecule has 1 unspecified atom stereocenters. The van der Waals surface area contributed by atoms with Gasteiger partial charge in [-0.3, -0.25) is 4.79 Å². The van der Waals surface area contributed by atoms with Gasteiger partial charge in [-0.1, -0.05) is 6.07 Å². The lowest BCUT2D eigenvalue weighted by Crippen LogP contribution is -2.40. The predicted octanol–water partition coefficient (Wildman–Crippen LogP) is 2.53. The van der Waals surface area contributed by atoms with Crippen molar-refractivity contribution in [3.63, 3.8) is 0 Å². The third-order valence-electron chi connectivity index (χ3n) is 5.07. The maximum Gasteiger partial charge on any atom is 0.223 e. The van der Waals surface area contributed by atoms with Crippen LogP contribution in [0.25, 0.3) is 0 Å². The molecular formula is C18H26N2O2. The van der Waals surface area contributed by atoms with Crippen molar-refractivity contribution >= 4 is 5.91 Å². The minimum absolute atomic E-state index is 0.168. The minimum atomic E-state index is 0.168. The van der Waals surface area contributed by atoms with Gasteiger partial charge in [-0.25, -0.2) is 0 Å². The van der Waals surface area contributed by atoms with E-state index in [2.05, 4.69) is 29.4 Å². The summed E-state index contributed by atoms with van der Waals surface area (Å²) in [6, 6.07) is 6.40. The number of benzene rings is 1. The Hall–Kier alpha value is -1.55. The molecule has 1 aliphatic carbocycles. The van der Waals surface area contributed by atoms with Gasteiger partial charge in [0.25, 0.3) is 0 Å². The molecule has 1 amide bonds.